The highest BCUT2D eigenvalue weighted by molar-refractivity contribution is 5.78. The zero-order chi connectivity index (χ0) is 21.8. The number of pyridine rings is 1. The van der Waals surface area contributed by atoms with Crippen LogP contribution < -0.4 is 4.74 Å². The highest BCUT2D eigenvalue weighted by Gasteiger charge is 2.54. The molecule has 4 heteroatoms. The van der Waals surface area contributed by atoms with E-state index in [1.807, 2.05) is 6.20 Å². The Bertz CT molecular complexity index is 1010. The first-order chi connectivity index (χ1) is 14.8. The number of ether oxygens (including phenoxy) is 2. The molecule has 2 saturated carbocycles. The highest BCUT2D eigenvalue weighted by Crippen LogP contribution is 2.64. The van der Waals surface area contributed by atoms with E-state index in [-0.39, 0.29) is 22.9 Å². The van der Waals surface area contributed by atoms with Gasteiger partial charge >= 0.3 is 5.97 Å². The van der Waals surface area contributed by atoms with E-state index < -0.39 is 0 Å². The summed E-state index contributed by atoms with van der Waals surface area (Å²) in [6, 6.07) is 2.11. The van der Waals surface area contributed by atoms with Crippen molar-refractivity contribution < 1.29 is 14.3 Å². The lowest BCUT2D eigenvalue weighted by molar-refractivity contribution is -0.148. The highest BCUT2D eigenvalue weighted by atomic mass is 16.5. The molecule has 0 bridgehead atoms. The summed E-state index contributed by atoms with van der Waals surface area (Å²) in [5.74, 6) is 1.91. The van der Waals surface area contributed by atoms with Crippen LogP contribution in [0.25, 0.3) is 5.57 Å². The Balaban J connectivity index is 1.42. The molecule has 0 radical (unpaired) electrons. The van der Waals surface area contributed by atoms with Crippen LogP contribution in [-0.4, -0.2) is 24.2 Å². The Morgan fingerprint density at radius 1 is 1.16 bits per heavy atom. The fourth-order valence-electron chi connectivity index (χ4n) is 7.06. The zero-order valence-electron chi connectivity index (χ0n) is 19.1. The van der Waals surface area contributed by atoms with Crippen molar-refractivity contribution in [3.05, 3.63) is 53.4 Å². The molecule has 5 atom stereocenters. The molecule has 5 unspecified atom stereocenters. The van der Waals surface area contributed by atoms with Crippen LogP contribution in [0.15, 0.2) is 47.8 Å². The maximum absolute atomic E-state index is 11.5. The largest absolute Gasteiger partial charge is 0.495 e. The average Bonchev–Trinajstić information content (AvgIpc) is 3.11. The van der Waals surface area contributed by atoms with E-state index in [0.717, 1.165) is 31.4 Å². The molecule has 0 saturated heterocycles. The summed E-state index contributed by atoms with van der Waals surface area (Å²) in [4.78, 5) is 15.9. The molecule has 31 heavy (non-hydrogen) atoms. The predicted molar refractivity (Wildman–Crippen MR) is 121 cm³/mol. The maximum Gasteiger partial charge on any atom is 0.302 e. The standard InChI is InChI=1S/C27H33NO3/c1-17(29)31-20-9-11-26(2)19(14-20)5-6-22-24-8-7-23(27(24,3)12-10-25(22)26)18-13-21(30-4)16-28-15-18/h5,7-8,13,15-16,20,22,25H,6,9-12,14H2,1-4H3. The summed E-state index contributed by atoms with van der Waals surface area (Å²) in [7, 11) is 1.70. The number of allylic oxidation sites excluding steroid dienone is 5. The minimum absolute atomic E-state index is 0.0572. The second-order valence-electron chi connectivity index (χ2n) is 10.3. The van der Waals surface area contributed by atoms with Crippen molar-refractivity contribution in [3.8, 4) is 5.75 Å². The number of nitrogens with zero attached hydrogens (tertiary/aromatic N) is 1. The maximum atomic E-state index is 11.5. The number of hydrogen-bond donors (Lipinski definition) is 0. The lowest BCUT2D eigenvalue weighted by atomic mass is 9.49. The van der Waals surface area contributed by atoms with Crippen LogP contribution in [0.1, 0.15) is 64.9 Å². The van der Waals surface area contributed by atoms with Crippen molar-refractivity contribution >= 4 is 11.5 Å². The van der Waals surface area contributed by atoms with Crippen molar-refractivity contribution in [1.29, 1.82) is 0 Å². The van der Waals surface area contributed by atoms with Crippen LogP contribution in [0.3, 0.4) is 0 Å². The molecule has 1 heterocycles. The number of rotatable bonds is 3. The summed E-state index contributed by atoms with van der Waals surface area (Å²) in [6.07, 6.45) is 17.5. The molecule has 164 valence electrons. The normalized spacial score (nSPS) is 36.3. The molecule has 4 aliphatic carbocycles. The Hall–Kier alpha value is -2.36. The van der Waals surface area contributed by atoms with E-state index in [2.05, 4.69) is 43.1 Å². The van der Waals surface area contributed by atoms with E-state index in [9.17, 15) is 4.79 Å². The Morgan fingerprint density at radius 2 is 2.00 bits per heavy atom. The minimum atomic E-state index is -0.155. The zero-order valence-corrected chi connectivity index (χ0v) is 19.1. The Morgan fingerprint density at radius 3 is 2.77 bits per heavy atom. The van der Waals surface area contributed by atoms with Gasteiger partial charge in [0.05, 0.1) is 13.3 Å². The average molecular weight is 420 g/mol. The first-order valence-corrected chi connectivity index (χ1v) is 11.6. The van der Waals surface area contributed by atoms with Crippen LogP contribution in [0, 0.1) is 22.7 Å². The molecular formula is C27H33NO3. The molecule has 0 spiro atoms. The van der Waals surface area contributed by atoms with Crippen molar-refractivity contribution in [2.75, 3.05) is 7.11 Å². The van der Waals surface area contributed by atoms with Gasteiger partial charge in [0, 0.05) is 30.5 Å². The molecule has 0 N–H and O–H groups in total. The lowest BCUT2D eigenvalue weighted by Crippen LogP contribution is -2.47. The lowest BCUT2D eigenvalue weighted by Gasteiger charge is -2.56. The van der Waals surface area contributed by atoms with Crippen LogP contribution in [0.4, 0.5) is 0 Å². The van der Waals surface area contributed by atoms with Gasteiger partial charge in [-0.1, -0.05) is 43.2 Å². The monoisotopic (exact) mass is 419 g/mol. The second-order valence-corrected chi connectivity index (χ2v) is 10.3. The van der Waals surface area contributed by atoms with Gasteiger partial charge in [-0.3, -0.25) is 9.78 Å². The number of methoxy groups -OCH3 is 1. The molecule has 0 amide bonds. The van der Waals surface area contributed by atoms with Gasteiger partial charge in [0.1, 0.15) is 11.9 Å². The number of aromatic nitrogens is 1. The van der Waals surface area contributed by atoms with Crippen molar-refractivity contribution in [1.82, 2.24) is 4.98 Å². The van der Waals surface area contributed by atoms with E-state index in [1.54, 1.807) is 18.9 Å². The van der Waals surface area contributed by atoms with Gasteiger partial charge in [-0.2, -0.15) is 0 Å². The molecule has 4 nitrogen and oxygen atoms in total. The minimum Gasteiger partial charge on any atom is -0.495 e. The van der Waals surface area contributed by atoms with Gasteiger partial charge in [0.25, 0.3) is 0 Å². The summed E-state index contributed by atoms with van der Waals surface area (Å²) in [5, 5.41) is 0. The first kappa shape index (κ1) is 20.5. The number of carbonyl (C=O) groups excluding carboxylic acids is 1. The van der Waals surface area contributed by atoms with Gasteiger partial charge in [0.15, 0.2) is 0 Å². The van der Waals surface area contributed by atoms with E-state index >= 15 is 0 Å². The molecule has 0 aromatic carbocycles. The van der Waals surface area contributed by atoms with Gasteiger partial charge in [-0.05, 0) is 61.0 Å². The van der Waals surface area contributed by atoms with Gasteiger partial charge < -0.3 is 9.47 Å². The SMILES string of the molecule is COc1cncc(C2=CC=C3C4CC=C5CC(OC(C)=O)CCC5(C)C4CCC23C)c1. The van der Waals surface area contributed by atoms with Crippen LogP contribution in [-0.2, 0) is 9.53 Å². The molecular weight excluding hydrogens is 386 g/mol. The summed E-state index contributed by atoms with van der Waals surface area (Å²) >= 11 is 0. The molecule has 1 aromatic rings. The number of hydrogen-bond acceptors (Lipinski definition) is 4. The predicted octanol–water partition coefficient (Wildman–Crippen LogP) is 5.90. The first-order valence-electron chi connectivity index (χ1n) is 11.6. The van der Waals surface area contributed by atoms with Crippen molar-refractivity contribution in [2.24, 2.45) is 22.7 Å². The third-order valence-corrected chi connectivity index (χ3v) is 8.70. The fraction of sp³-hybridized carbons (Fsp3) is 0.556. The smallest absolute Gasteiger partial charge is 0.302 e. The van der Waals surface area contributed by atoms with Crippen LogP contribution >= 0.6 is 0 Å². The summed E-state index contributed by atoms with van der Waals surface area (Å²) < 4.78 is 11.0. The van der Waals surface area contributed by atoms with E-state index in [4.69, 9.17) is 9.47 Å². The third-order valence-electron chi connectivity index (χ3n) is 8.70. The van der Waals surface area contributed by atoms with E-state index in [1.165, 1.54) is 36.5 Å². The Labute approximate surface area is 185 Å². The number of fused-ring (bicyclic) bond motifs is 5. The summed E-state index contributed by atoms with van der Waals surface area (Å²) in [5.41, 5.74) is 5.98. The molecule has 4 aliphatic rings. The topological polar surface area (TPSA) is 48.4 Å². The van der Waals surface area contributed by atoms with Gasteiger partial charge in [0.2, 0.25) is 0 Å². The molecule has 2 fully saturated rings. The van der Waals surface area contributed by atoms with Crippen molar-refractivity contribution in [2.45, 2.75) is 65.4 Å². The fourth-order valence-corrected chi connectivity index (χ4v) is 7.06. The van der Waals surface area contributed by atoms with Gasteiger partial charge in [-0.25, -0.2) is 0 Å². The van der Waals surface area contributed by atoms with Crippen LogP contribution in [0.5, 0.6) is 5.75 Å². The second kappa shape index (κ2) is 7.36. The van der Waals surface area contributed by atoms with Crippen molar-refractivity contribution in [3.63, 3.8) is 0 Å². The number of carbonyl (C=O) groups is 1. The molecule has 5 rings (SSSR count). The third kappa shape index (κ3) is 3.18. The van der Waals surface area contributed by atoms with E-state index in [0.29, 0.717) is 11.8 Å². The Kier molecular flexibility index (Phi) is 4.87. The number of esters is 1. The van der Waals surface area contributed by atoms with Gasteiger partial charge in [-0.15, -0.1) is 0 Å². The molecule has 0 aliphatic heterocycles. The summed E-state index contributed by atoms with van der Waals surface area (Å²) in [6.45, 7) is 6.42. The quantitative estimate of drug-likeness (QED) is 0.452. The molecule has 1 aromatic heterocycles. The van der Waals surface area contributed by atoms with Crippen LogP contribution in [0.2, 0.25) is 0 Å².